The summed E-state index contributed by atoms with van der Waals surface area (Å²) in [6.07, 6.45) is 2.14. The molecule has 3 rings (SSSR count). The molecule has 0 N–H and O–H groups in total. The van der Waals surface area contributed by atoms with E-state index in [-0.39, 0.29) is 5.60 Å². The molecule has 0 spiro atoms. The van der Waals surface area contributed by atoms with Crippen molar-refractivity contribution in [2.45, 2.75) is 38.9 Å². The molecule has 1 aliphatic rings. The third-order valence-electron chi connectivity index (χ3n) is 4.82. The standard InChI is InChI=1S/C21H27NO/c1-16-6-9-19(10-7-16)21(12-5-13-22(3)4)20-11-8-17(2)14-18(20)15-23-21/h6-11,14H,5,12-13,15H2,1-4H3. The van der Waals surface area contributed by atoms with Crippen LogP contribution in [0.4, 0.5) is 0 Å². The average Bonchev–Trinajstić information content (AvgIpc) is 2.87. The monoisotopic (exact) mass is 309 g/mol. The van der Waals surface area contributed by atoms with Crippen LogP contribution in [-0.2, 0) is 16.9 Å². The maximum Gasteiger partial charge on any atom is 0.119 e. The number of benzene rings is 2. The van der Waals surface area contributed by atoms with Crippen molar-refractivity contribution in [2.75, 3.05) is 20.6 Å². The van der Waals surface area contributed by atoms with E-state index in [0.29, 0.717) is 6.61 Å². The molecule has 2 nitrogen and oxygen atoms in total. The van der Waals surface area contributed by atoms with Crippen molar-refractivity contribution in [3.05, 3.63) is 70.3 Å². The van der Waals surface area contributed by atoms with Crippen LogP contribution in [0.1, 0.15) is 40.7 Å². The summed E-state index contributed by atoms with van der Waals surface area (Å²) in [4.78, 5) is 2.24. The van der Waals surface area contributed by atoms with Gasteiger partial charge in [-0.25, -0.2) is 0 Å². The Kier molecular flexibility index (Phi) is 4.56. The van der Waals surface area contributed by atoms with Gasteiger partial charge in [0.1, 0.15) is 5.60 Å². The highest BCUT2D eigenvalue weighted by molar-refractivity contribution is 5.46. The first-order chi connectivity index (χ1) is 11.0. The van der Waals surface area contributed by atoms with Crippen LogP contribution in [0.15, 0.2) is 42.5 Å². The minimum absolute atomic E-state index is 0.285. The molecule has 2 aromatic carbocycles. The summed E-state index contributed by atoms with van der Waals surface area (Å²) < 4.78 is 6.46. The van der Waals surface area contributed by atoms with E-state index in [2.05, 4.69) is 75.3 Å². The zero-order valence-electron chi connectivity index (χ0n) is 14.7. The molecule has 1 aliphatic heterocycles. The molecule has 0 saturated heterocycles. The number of ether oxygens (including phenoxy) is 1. The molecule has 0 aromatic heterocycles. The Bertz CT molecular complexity index is 675. The van der Waals surface area contributed by atoms with Gasteiger partial charge in [0.2, 0.25) is 0 Å². The minimum atomic E-state index is -0.285. The maximum absolute atomic E-state index is 6.46. The Morgan fingerprint density at radius 2 is 1.70 bits per heavy atom. The lowest BCUT2D eigenvalue weighted by atomic mass is 9.81. The second-order valence-corrected chi connectivity index (χ2v) is 7.05. The summed E-state index contributed by atoms with van der Waals surface area (Å²) in [5.41, 5.74) is 6.29. The van der Waals surface area contributed by atoms with Crippen LogP contribution in [0.3, 0.4) is 0 Å². The van der Waals surface area contributed by atoms with E-state index in [0.717, 1.165) is 19.4 Å². The zero-order valence-corrected chi connectivity index (χ0v) is 14.7. The zero-order chi connectivity index (χ0) is 16.4. The Hall–Kier alpha value is -1.64. The largest absolute Gasteiger partial charge is 0.361 e. The molecule has 0 fully saturated rings. The van der Waals surface area contributed by atoms with Crippen molar-refractivity contribution in [3.63, 3.8) is 0 Å². The highest BCUT2D eigenvalue weighted by Crippen LogP contribution is 2.45. The van der Waals surface area contributed by atoms with Crippen LogP contribution >= 0.6 is 0 Å². The number of rotatable bonds is 5. The third-order valence-corrected chi connectivity index (χ3v) is 4.82. The summed E-state index contributed by atoms with van der Waals surface area (Å²) >= 11 is 0. The van der Waals surface area contributed by atoms with E-state index in [1.807, 2.05) is 0 Å². The molecular weight excluding hydrogens is 282 g/mol. The van der Waals surface area contributed by atoms with Crippen LogP contribution in [0.5, 0.6) is 0 Å². The molecule has 1 atom stereocenters. The van der Waals surface area contributed by atoms with Gasteiger partial charge in [0.05, 0.1) is 6.61 Å². The fourth-order valence-corrected chi connectivity index (χ4v) is 3.57. The lowest BCUT2D eigenvalue weighted by molar-refractivity contribution is -0.0139. The van der Waals surface area contributed by atoms with Crippen molar-refractivity contribution in [1.82, 2.24) is 4.90 Å². The van der Waals surface area contributed by atoms with Crippen LogP contribution < -0.4 is 0 Å². The summed E-state index contributed by atoms with van der Waals surface area (Å²) in [7, 11) is 4.26. The highest BCUT2D eigenvalue weighted by Gasteiger charge is 2.41. The van der Waals surface area contributed by atoms with Gasteiger partial charge in [-0.05, 0) is 64.0 Å². The van der Waals surface area contributed by atoms with E-state index >= 15 is 0 Å². The third kappa shape index (κ3) is 3.19. The molecular formula is C21H27NO. The number of aryl methyl sites for hydroxylation is 2. The molecule has 23 heavy (non-hydrogen) atoms. The Labute approximate surface area is 140 Å². The second kappa shape index (κ2) is 6.46. The molecule has 1 unspecified atom stereocenters. The number of hydrogen-bond donors (Lipinski definition) is 0. The van der Waals surface area contributed by atoms with Gasteiger partial charge in [-0.3, -0.25) is 0 Å². The van der Waals surface area contributed by atoms with Crippen molar-refractivity contribution in [2.24, 2.45) is 0 Å². The Balaban J connectivity index is 2.00. The Morgan fingerprint density at radius 1 is 1.00 bits per heavy atom. The first kappa shape index (κ1) is 16.2. The molecule has 1 heterocycles. The normalized spacial score (nSPS) is 20.0. The number of fused-ring (bicyclic) bond motifs is 1. The topological polar surface area (TPSA) is 12.5 Å². The predicted octanol–water partition coefficient (Wildman–Crippen LogP) is 4.42. The van der Waals surface area contributed by atoms with Gasteiger partial charge in [0.25, 0.3) is 0 Å². The van der Waals surface area contributed by atoms with E-state index in [1.54, 1.807) is 0 Å². The van der Waals surface area contributed by atoms with Crippen molar-refractivity contribution in [3.8, 4) is 0 Å². The van der Waals surface area contributed by atoms with Gasteiger partial charge in [-0.1, -0.05) is 53.6 Å². The smallest absolute Gasteiger partial charge is 0.119 e. The lowest BCUT2D eigenvalue weighted by Crippen LogP contribution is -2.28. The van der Waals surface area contributed by atoms with Gasteiger partial charge in [0, 0.05) is 0 Å². The van der Waals surface area contributed by atoms with Gasteiger partial charge < -0.3 is 9.64 Å². The molecule has 2 aromatic rings. The summed E-state index contributed by atoms with van der Waals surface area (Å²) in [5.74, 6) is 0. The molecule has 0 saturated carbocycles. The molecule has 2 heteroatoms. The molecule has 122 valence electrons. The van der Waals surface area contributed by atoms with Crippen LogP contribution in [0, 0.1) is 13.8 Å². The van der Waals surface area contributed by atoms with Crippen molar-refractivity contribution < 1.29 is 4.74 Å². The lowest BCUT2D eigenvalue weighted by Gasteiger charge is -2.31. The summed E-state index contributed by atoms with van der Waals surface area (Å²) in [5, 5.41) is 0. The molecule has 0 radical (unpaired) electrons. The molecule has 0 bridgehead atoms. The van der Waals surface area contributed by atoms with E-state index < -0.39 is 0 Å². The van der Waals surface area contributed by atoms with Crippen LogP contribution in [0.2, 0.25) is 0 Å². The quantitative estimate of drug-likeness (QED) is 0.810. The van der Waals surface area contributed by atoms with Crippen molar-refractivity contribution >= 4 is 0 Å². The molecule has 0 amide bonds. The predicted molar refractivity (Wildman–Crippen MR) is 95.7 cm³/mol. The fraction of sp³-hybridized carbons (Fsp3) is 0.429. The minimum Gasteiger partial charge on any atom is -0.361 e. The van der Waals surface area contributed by atoms with Gasteiger partial charge in [-0.2, -0.15) is 0 Å². The molecule has 0 aliphatic carbocycles. The summed E-state index contributed by atoms with van der Waals surface area (Å²) in [6.45, 7) is 6.08. The van der Waals surface area contributed by atoms with E-state index in [9.17, 15) is 0 Å². The van der Waals surface area contributed by atoms with Crippen LogP contribution in [-0.4, -0.2) is 25.5 Å². The van der Waals surface area contributed by atoms with Crippen LogP contribution in [0.25, 0.3) is 0 Å². The van der Waals surface area contributed by atoms with E-state index in [1.165, 1.54) is 27.8 Å². The highest BCUT2D eigenvalue weighted by atomic mass is 16.5. The fourth-order valence-electron chi connectivity index (χ4n) is 3.57. The first-order valence-corrected chi connectivity index (χ1v) is 8.47. The number of hydrogen-bond acceptors (Lipinski definition) is 2. The SMILES string of the molecule is Cc1ccc(C2(CCCN(C)C)OCc3cc(C)ccc32)cc1. The number of nitrogens with zero attached hydrogens (tertiary/aromatic N) is 1. The first-order valence-electron chi connectivity index (χ1n) is 8.47. The van der Waals surface area contributed by atoms with Gasteiger partial charge in [0.15, 0.2) is 0 Å². The Morgan fingerprint density at radius 3 is 2.39 bits per heavy atom. The average molecular weight is 309 g/mol. The summed E-state index contributed by atoms with van der Waals surface area (Å²) in [6, 6.07) is 15.6. The van der Waals surface area contributed by atoms with E-state index in [4.69, 9.17) is 4.74 Å². The second-order valence-electron chi connectivity index (χ2n) is 7.05. The van der Waals surface area contributed by atoms with Gasteiger partial charge >= 0.3 is 0 Å². The maximum atomic E-state index is 6.46. The van der Waals surface area contributed by atoms with Gasteiger partial charge in [-0.15, -0.1) is 0 Å². The van der Waals surface area contributed by atoms with Crippen molar-refractivity contribution in [1.29, 1.82) is 0 Å².